The van der Waals surface area contributed by atoms with Crippen molar-refractivity contribution in [1.82, 2.24) is 10.3 Å². The summed E-state index contributed by atoms with van der Waals surface area (Å²) in [6.07, 6.45) is 0.205. The van der Waals surface area contributed by atoms with Crippen molar-refractivity contribution < 1.29 is 13.9 Å². The Hall–Kier alpha value is -2.14. The molecule has 1 N–H and O–H groups in total. The molecule has 0 aliphatic heterocycles. The number of hydrogen-bond acceptors (Lipinski definition) is 4. The Labute approximate surface area is 124 Å². The number of benzene rings is 1. The summed E-state index contributed by atoms with van der Waals surface area (Å²) >= 11 is 0. The molecular weight excluding hydrogens is 268 g/mol. The molecule has 112 valence electrons. The molecule has 2 rings (SSSR count). The van der Waals surface area contributed by atoms with Gasteiger partial charge in [0.15, 0.2) is 0 Å². The summed E-state index contributed by atoms with van der Waals surface area (Å²) in [5.74, 6) is 1.12. The van der Waals surface area contributed by atoms with Crippen LogP contribution in [0.15, 0.2) is 34.7 Å². The Balaban J connectivity index is 2.05. The van der Waals surface area contributed by atoms with Crippen LogP contribution in [-0.2, 0) is 16.0 Å². The van der Waals surface area contributed by atoms with Gasteiger partial charge in [0.25, 0.3) is 0 Å². The van der Waals surface area contributed by atoms with Gasteiger partial charge in [0.2, 0.25) is 11.8 Å². The zero-order chi connectivity index (χ0) is 15.2. The summed E-state index contributed by atoms with van der Waals surface area (Å²) in [6, 6.07) is 9.61. The molecule has 0 radical (unpaired) electrons. The monoisotopic (exact) mass is 288 g/mol. The van der Waals surface area contributed by atoms with E-state index in [1.54, 1.807) is 7.11 Å². The number of rotatable bonds is 6. The number of ether oxygens (including phenoxy) is 1. The number of oxazole rings is 1. The lowest BCUT2D eigenvalue weighted by Gasteiger charge is -2.11. The van der Waals surface area contributed by atoms with Gasteiger partial charge >= 0.3 is 0 Å². The second kappa shape index (κ2) is 7.04. The summed E-state index contributed by atoms with van der Waals surface area (Å²) in [6.45, 7) is 4.20. The Bertz CT molecular complexity index is 593. The van der Waals surface area contributed by atoms with Crippen LogP contribution in [0.4, 0.5) is 0 Å². The molecule has 2 aromatic rings. The van der Waals surface area contributed by atoms with Gasteiger partial charge in [-0.1, -0.05) is 18.2 Å². The van der Waals surface area contributed by atoms with E-state index in [1.807, 2.05) is 44.2 Å². The van der Waals surface area contributed by atoms with Crippen LogP contribution in [0, 0.1) is 6.92 Å². The third-order valence-corrected chi connectivity index (χ3v) is 3.07. The molecular formula is C16H20N2O3. The fourth-order valence-electron chi connectivity index (χ4n) is 2.07. The van der Waals surface area contributed by atoms with E-state index < -0.39 is 0 Å². The molecule has 0 aliphatic rings. The van der Waals surface area contributed by atoms with E-state index in [2.05, 4.69) is 10.3 Å². The summed E-state index contributed by atoms with van der Waals surface area (Å²) in [4.78, 5) is 16.4. The Kier molecular flexibility index (Phi) is 5.11. The van der Waals surface area contributed by atoms with Crippen molar-refractivity contribution in [3.63, 3.8) is 0 Å². The van der Waals surface area contributed by atoms with Gasteiger partial charge < -0.3 is 14.5 Å². The van der Waals surface area contributed by atoms with E-state index >= 15 is 0 Å². The molecule has 0 spiro atoms. The Morgan fingerprint density at radius 2 is 2.10 bits per heavy atom. The number of carbonyl (C=O) groups excluding carboxylic acids is 1. The number of aromatic nitrogens is 1. The molecule has 5 heteroatoms. The van der Waals surface area contributed by atoms with Crippen LogP contribution in [0.25, 0.3) is 11.5 Å². The number of methoxy groups -OCH3 is 1. The van der Waals surface area contributed by atoms with Crippen LogP contribution in [0.2, 0.25) is 0 Å². The lowest BCUT2D eigenvalue weighted by atomic mass is 10.2. The maximum absolute atomic E-state index is 11.9. The van der Waals surface area contributed by atoms with Crippen LogP contribution in [0.1, 0.15) is 18.4 Å². The van der Waals surface area contributed by atoms with Crippen LogP contribution in [-0.4, -0.2) is 30.6 Å². The highest BCUT2D eigenvalue weighted by Gasteiger charge is 2.15. The zero-order valence-corrected chi connectivity index (χ0v) is 12.6. The number of nitrogens with zero attached hydrogens (tertiary/aromatic N) is 1. The number of amides is 1. The zero-order valence-electron chi connectivity index (χ0n) is 12.6. The van der Waals surface area contributed by atoms with Gasteiger partial charge in [0.1, 0.15) is 5.76 Å². The van der Waals surface area contributed by atoms with Crippen molar-refractivity contribution in [2.45, 2.75) is 26.3 Å². The topological polar surface area (TPSA) is 64.4 Å². The third kappa shape index (κ3) is 4.16. The van der Waals surface area contributed by atoms with Crippen LogP contribution >= 0.6 is 0 Å². The molecule has 5 nitrogen and oxygen atoms in total. The first-order valence-electron chi connectivity index (χ1n) is 6.90. The fraction of sp³-hybridized carbons (Fsp3) is 0.375. The molecule has 0 saturated carbocycles. The van der Waals surface area contributed by atoms with E-state index in [0.29, 0.717) is 24.0 Å². The molecule has 0 aliphatic carbocycles. The minimum atomic E-state index is -0.0874. The van der Waals surface area contributed by atoms with Gasteiger partial charge in [-0.15, -0.1) is 0 Å². The maximum Gasteiger partial charge on any atom is 0.226 e. The predicted molar refractivity (Wildman–Crippen MR) is 79.9 cm³/mol. The molecule has 0 saturated heterocycles. The van der Waals surface area contributed by atoms with Crippen molar-refractivity contribution in [2.24, 2.45) is 0 Å². The van der Waals surface area contributed by atoms with Crippen molar-refractivity contribution in [3.8, 4) is 11.5 Å². The van der Waals surface area contributed by atoms with Crippen LogP contribution in [0.5, 0.6) is 0 Å². The van der Waals surface area contributed by atoms with Crippen molar-refractivity contribution in [1.29, 1.82) is 0 Å². The van der Waals surface area contributed by atoms with E-state index in [-0.39, 0.29) is 18.4 Å². The normalized spacial score (nSPS) is 12.1. The minimum Gasteiger partial charge on any atom is -0.441 e. The minimum absolute atomic E-state index is 0.0247. The highest BCUT2D eigenvalue weighted by atomic mass is 16.5. The van der Waals surface area contributed by atoms with Gasteiger partial charge in [-0.3, -0.25) is 4.79 Å². The van der Waals surface area contributed by atoms with E-state index in [1.165, 1.54) is 0 Å². The van der Waals surface area contributed by atoms with E-state index in [9.17, 15) is 4.79 Å². The predicted octanol–water partition coefficient (Wildman–Crippen LogP) is 2.34. The van der Waals surface area contributed by atoms with Crippen LogP contribution < -0.4 is 5.32 Å². The van der Waals surface area contributed by atoms with Gasteiger partial charge in [0.05, 0.1) is 18.7 Å². The molecule has 1 amide bonds. The average Bonchev–Trinajstić information content (AvgIpc) is 2.81. The molecule has 1 aromatic heterocycles. The largest absolute Gasteiger partial charge is 0.441 e. The van der Waals surface area contributed by atoms with Crippen molar-refractivity contribution in [3.05, 3.63) is 41.8 Å². The van der Waals surface area contributed by atoms with Gasteiger partial charge in [-0.05, 0) is 26.0 Å². The second-order valence-corrected chi connectivity index (χ2v) is 4.99. The first kappa shape index (κ1) is 15.3. The number of hydrogen-bond donors (Lipinski definition) is 1. The lowest BCUT2D eigenvalue weighted by Crippen LogP contribution is -2.36. The Morgan fingerprint density at radius 1 is 1.38 bits per heavy atom. The maximum atomic E-state index is 11.9. The lowest BCUT2D eigenvalue weighted by molar-refractivity contribution is -0.121. The standard InChI is InChI=1S/C16H20N2O3/c1-11(10-20-3)17-15(19)9-14-12(2)21-16(18-14)13-7-5-4-6-8-13/h4-8,11H,9-10H2,1-3H3,(H,17,19). The summed E-state index contributed by atoms with van der Waals surface area (Å²) in [5.41, 5.74) is 1.57. The average molecular weight is 288 g/mol. The molecule has 0 bridgehead atoms. The smallest absolute Gasteiger partial charge is 0.226 e. The Morgan fingerprint density at radius 3 is 2.76 bits per heavy atom. The van der Waals surface area contributed by atoms with Crippen molar-refractivity contribution in [2.75, 3.05) is 13.7 Å². The summed E-state index contributed by atoms with van der Waals surface area (Å²) < 4.78 is 10.6. The molecule has 21 heavy (non-hydrogen) atoms. The fourth-order valence-corrected chi connectivity index (χ4v) is 2.07. The second-order valence-electron chi connectivity index (χ2n) is 4.99. The number of nitrogens with one attached hydrogen (secondary N) is 1. The summed E-state index contributed by atoms with van der Waals surface area (Å²) in [5, 5.41) is 2.86. The van der Waals surface area contributed by atoms with Gasteiger partial charge in [-0.25, -0.2) is 4.98 Å². The first-order valence-corrected chi connectivity index (χ1v) is 6.90. The van der Waals surface area contributed by atoms with E-state index in [0.717, 1.165) is 5.56 Å². The molecule has 0 fully saturated rings. The van der Waals surface area contributed by atoms with Crippen LogP contribution in [0.3, 0.4) is 0 Å². The highest BCUT2D eigenvalue weighted by molar-refractivity contribution is 5.78. The molecule has 1 aromatic carbocycles. The first-order chi connectivity index (χ1) is 10.1. The SMILES string of the molecule is COCC(C)NC(=O)Cc1nc(-c2ccccc2)oc1C. The van der Waals surface area contributed by atoms with E-state index in [4.69, 9.17) is 9.15 Å². The third-order valence-electron chi connectivity index (χ3n) is 3.07. The summed E-state index contributed by atoms with van der Waals surface area (Å²) in [7, 11) is 1.61. The van der Waals surface area contributed by atoms with Gasteiger partial charge in [-0.2, -0.15) is 0 Å². The number of aryl methyl sites for hydroxylation is 1. The molecule has 1 unspecified atom stereocenters. The molecule has 1 heterocycles. The van der Waals surface area contributed by atoms with Crippen molar-refractivity contribution >= 4 is 5.91 Å². The molecule has 1 atom stereocenters. The highest BCUT2D eigenvalue weighted by Crippen LogP contribution is 2.21. The quantitative estimate of drug-likeness (QED) is 0.886. The number of carbonyl (C=O) groups is 1. The van der Waals surface area contributed by atoms with Gasteiger partial charge in [0, 0.05) is 18.7 Å².